The summed E-state index contributed by atoms with van der Waals surface area (Å²) in [6, 6.07) is 7.50. The van der Waals surface area contributed by atoms with Gasteiger partial charge in [-0.25, -0.2) is 4.79 Å². The second kappa shape index (κ2) is 6.52. The molecule has 0 saturated carbocycles. The third kappa shape index (κ3) is 3.21. The van der Waals surface area contributed by atoms with Crippen LogP contribution < -0.4 is 10.2 Å². The number of amides is 1. The number of aromatic carboxylic acids is 1. The molecule has 1 saturated heterocycles. The SMILES string of the molecule is Cn1ncc(C(=O)O)c1C(=O)NC1CCN(c2cccc(Cl)c2)C1. The number of carbonyl (C=O) groups is 2. The van der Waals surface area contributed by atoms with Crippen molar-refractivity contribution >= 4 is 29.2 Å². The van der Waals surface area contributed by atoms with Crippen LogP contribution in [0, 0.1) is 0 Å². The number of aromatic nitrogens is 2. The summed E-state index contributed by atoms with van der Waals surface area (Å²) < 4.78 is 1.28. The Morgan fingerprint density at radius 3 is 2.92 bits per heavy atom. The molecule has 1 unspecified atom stereocenters. The number of carboxylic acids is 1. The highest BCUT2D eigenvalue weighted by atomic mass is 35.5. The van der Waals surface area contributed by atoms with Crippen molar-refractivity contribution in [1.82, 2.24) is 15.1 Å². The lowest BCUT2D eigenvalue weighted by molar-refractivity contribution is 0.0690. The lowest BCUT2D eigenvalue weighted by Crippen LogP contribution is -2.38. The van der Waals surface area contributed by atoms with Crippen molar-refractivity contribution < 1.29 is 14.7 Å². The number of benzene rings is 1. The Morgan fingerprint density at radius 2 is 2.21 bits per heavy atom. The van der Waals surface area contributed by atoms with Crippen LogP contribution in [0.3, 0.4) is 0 Å². The Bertz CT molecular complexity index is 789. The zero-order chi connectivity index (χ0) is 17.3. The van der Waals surface area contributed by atoms with Gasteiger partial charge in [0.15, 0.2) is 0 Å². The van der Waals surface area contributed by atoms with E-state index in [2.05, 4.69) is 15.3 Å². The summed E-state index contributed by atoms with van der Waals surface area (Å²) in [5.74, 6) is -1.59. The number of aryl methyl sites for hydroxylation is 1. The molecular weight excluding hydrogens is 332 g/mol. The van der Waals surface area contributed by atoms with Gasteiger partial charge in [-0.05, 0) is 24.6 Å². The Morgan fingerprint density at radius 1 is 1.42 bits per heavy atom. The Hall–Kier alpha value is -2.54. The van der Waals surface area contributed by atoms with E-state index in [1.165, 1.54) is 10.9 Å². The van der Waals surface area contributed by atoms with Crippen LogP contribution in [0.5, 0.6) is 0 Å². The molecule has 1 amide bonds. The summed E-state index contributed by atoms with van der Waals surface area (Å²) >= 11 is 6.01. The van der Waals surface area contributed by atoms with E-state index in [4.69, 9.17) is 16.7 Å². The third-order valence-electron chi connectivity index (χ3n) is 4.08. The molecule has 2 N–H and O–H groups in total. The van der Waals surface area contributed by atoms with E-state index < -0.39 is 11.9 Å². The second-order valence-electron chi connectivity index (χ2n) is 5.72. The number of carbonyl (C=O) groups excluding carboxylic acids is 1. The number of nitrogens with zero attached hydrogens (tertiary/aromatic N) is 3. The van der Waals surface area contributed by atoms with Crippen LogP contribution in [0.2, 0.25) is 5.02 Å². The lowest BCUT2D eigenvalue weighted by atomic mass is 10.2. The number of carboxylic acid groups (broad SMARTS) is 1. The molecule has 1 aliphatic rings. The summed E-state index contributed by atoms with van der Waals surface area (Å²) in [5.41, 5.74) is 0.967. The lowest BCUT2D eigenvalue weighted by Gasteiger charge is -2.19. The maximum absolute atomic E-state index is 12.4. The number of halogens is 1. The van der Waals surface area contributed by atoms with E-state index in [9.17, 15) is 9.59 Å². The van der Waals surface area contributed by atoms with Crippen LogP contribution in [0.15, 0.2) is 30.5 Å². The van der Waals surface area contributed by atoms with Crippen LogP contribution in [0.4, 0.5) is 5.69 Å². The molecule has 1 aromatic carbocycles. The topological polar surface area (TPSA) is 87.5 Å². The van der Waals surface area contributed by atoms with Gasteiger partial charge in [0.1, 0.15) is 11.3 Å². The first kappa shape index (κ1) is 16.3. The fourth-order valence-electron chi connectivity index (χ4n) is 2.90. The minimum Gasteiger partial charge on any atom is -0.478 e. The maximum atomic E-state index is 12.4. The molecule has 3 rings (SSSR count). The third-order valence-corrected chi connectivity index (χ3v) is 4.32. The van der Waals surface area contributed by atoms with Crippen molar-refractivity contribution in [3.05, 3.63) is 46.7 Å². The molecule has 0 aliphatic carbocycles. The Balaban J connectivity index is 1.69. The summed E-state index contributed by atoms with van der Waals surface area (Å²) in [7, 11) is 1.55. The van der Waals surface area contributed by atoms with Gasteiger partial charge in [0.05, 0.1) is 6.20 Å². The molecule has 126 valence electrons. The fraction of sp³-hybridized carbons (Fsp3) is 0.312. The van der Waals surface area contributed by atoms with Crippen LogP contribution >= 0.6 is 11.6 Å². The smallest absolute Gasteiger partial charge is 0.339 e. The normalized spacial score (nSPS) is 17.1. The average Bonchev–Trinajstić information content (AvgIpc) is 3.14. The molecule has 24 heavy (non-hydrogen) atoms. The predicted molar refractivity (Wildman–Crippen MR) is 89.7 cm³/mol. The standard InChI is InChI=1S/C16H17ClN4O3/c1-20-14(13(8-18-20)16(23)24)15(22)19-11-5-6-21(9-11)12-4-2-3-10(17)7-12/h2-4,7-8,11H,5-6,9H2,1H3,(H,19,22)(H,23,24). The first-order valence-corrected chi connectivity index (χ1v) is 7.90. The highest BCUT2D eigenvalue weighted by Crippen LogP contribution is 2.23. The van der Waals surface area contributed by atoms with Gasteiger partial charge >= 0.3 is 5.97 Å². The molecule has 0 spiro atoms. The number of hydrogen-bond donors (Lipinski definition) is 2. The predicted octanol–water partition coefficient (Wildman–Crippen LogP) is 1.78. The summed E-state index contributed by atoms with van der Waals surface area (Å²) in [6.07, 6.45) is 1.96. The number of rotatable bonds is 4. The second-order valence-corrected chi connectivity index (χ2v) is 6.16. The summed E-state index contributed by atoms with van der Waals surface area (Å²) in [5, 5.41) is 16.6. The molecule has 1 fully saturated rings. The van der Waals surface area contributed by atoms with E-state index in [0.717, 1.165) is 18.7 Å². The highest BCUT2D eigenvalue weighted by molar-refractivity contribution is 6.30. The first-order chi connectivity index (χ1) is 11.5. The minimum absolute atomic E-state index is 0.0590. The number of hydrogen-bond acceptors (Lipinski definition) is 4. The molecule has 0 bridgehead atoms. The molecule has 1 atom stereocenters. The van der Waals surface area contributed by atoms with Gasteiger partial charge < -0.3 is 15.3 Å². The highest BCUT2D eigenvalue weighted by Gasteiger charge is 2.28. The first-order valence-electron chi connectivity index (χ1n) is 7.52. The van der Waals surface area contributed by atoms with Crippen molar-refractivity contribution in [3.63, 3.8) is 0 Å². The molecule has 0 radical (unpaired) electrons. The number of anilines is 1. The summed E-state index contributed by atoms with van der Waals surface area (Å²) in [6.45, 7) is 1.44. The molecule has 1 aromatic heterocycles. The van der Waals surface area contributed by atoms with E-state index in [1.807, 2.05) is 24.3 Å². The molecule has 2 aromatic rings. The van der Waals surface area contributed by atoms with Crippen molar-refractivity contribution in [2.24, 2.45) is 7.05 Å². The Kier molecular flexibility index (Phi) is 4.44. The fourth-order valence-corrected chi connectivity index (χ4v) is 3.09. The largest absolute Gasteiger partial charge is 0.478 e. The van der Waals surface area contributed by atoms with E-state index in [-0.39, 0.29) is 17.3 Å². The average molecular weight is 349 g/mol. The van der Waals surface area contributed by atoms with E-state index in [1.54, 1.807) is 7.05 Å². The van der Waals surface area contributed by atoms with Crippen molar-refractivity contribution in [2.75, 3.05) is 18.0 Å². The van der Waals surface area contributed by atoms with Crippen LogP contribution in [0.25, 0.3) is 0 Å². The minimum atomic E-state index is -1.17. The number of nitrogens with one attached hydrogen (secondary N) is 1. The van der Waals surface area contributed by atoms with Crippen molar-refractivity contribution in [3.8, 4) is 0 Å². The van der Waals surface area contributed by atoms with Gasteiger partial charge in [-0.2, -0.15) is 5.10 Å². The van der Waals surface area contributed by atoms with Gasteiger partial charge in [-0.1, -0.05) is 17.7 Å². The van der Waals surface area contributed by atoms with Crippen LogP contribution in [-0.2, 0) is 7.05 Å². The molecule has 2 heterocycles. The molecular formula is C16H17ClN4O3. The van der Waals surface area contributed by atoms with Gasteiger partial charge in [0.25, 0.3) is 5.91 Å². The summed E-state index contributed by atoms with van der Waals surface area (Å²) in [4.78, 5) is 25.8. The van der Waals surface area contributed by atoms with Crippen LogP contribution in [0.1, 0.15) is 27.3 Å². The van der Waals surface area contributed by atoms with Crippen molar-refractivity contribution in [1.29, 1.82) is 0 Å². The molecule has 7 nitrogen and oxygen atoms in total. The van der Waals surface area contributed by atoms with Gasteiger partial charge in [-0.3, -0.25) is 9.48 Å². The molecule has 1 aliphatic heterocycles. The maximum Gasteiger partial charge on any atom is 0.339 e. The zero-order valence-corrected chi connectivity index (χ0v) is 13.8. The molecule has 8 heteroatoms. The van der Waals surface area contributed by atoms with Crippen LogP contribution in [-0.4, -0.2) is 45.9 Å². The van der Waals surface area contributed by atoms with Crippen molar-refractivity contribution in [2.45, 2.75) is 12.5 Å². The Labute approximate surface area is 143 Å². The van der Waals surface area contributed by atoms with E-state index >= 15 is 0 Å². The van der Waals surface area contributed by atoms with Gasteiger partial charge in [-0.15, -0.1) is 0 Å². The van der Waals surface area contributed by atoms with Gasteiger partial charge in [0.2, 0.25) is 0 Å². The monoisotopic (exact) mass is 348 g/mol. The zero-order valence-electron chi connectivity index (χ0n) is 13.1. The van der Waals surface area contributed by atoms with E-state index in [0.29, 0.717) is 11.6 Å². The quantitative estimate of drug-likeness (QED) is 0.879. The van der Waals surface area contributed by atoms with Gasteiger partial charge in [0, 0.05) is 36.9 Å².